The Kier molecular flexibility index (Phi) is 5.65. The van der Waals surface area contributed by atoms with Crippen LogP contribution in [0, 0.1) is 0 Å². The van der Waals surface area contributed by atoms with Gasteiger partial charge in [-0.3, -0.25) is 0 Å². The van der Waals surface area contributed by atoms with Gasteiger partial charge in [0.2, 0.25) is 0 Å². The summed E-state index contributed by atoms with van der Waals surface area (Å²) in [4.78, 5) is 0. The highest BCUT2D eigenvalue weighted by molar-refractivity contribution is 7.89. The van der Waals surface area contributed by atoms with Gasteiger partial charge in [0, 0.05) is 18.5 Å². The molecule has 1 aromatic rings. The molecule has 0 saturated carbocycles. The van der Waals surface area contributed by atoms with Crippen molar-refractivity contribution in [3.05, 3.63) is 54.1 Å². The lowest BCUT2D eigenvalue weighted by atomic mass is 10.2. The van der Waals surface area contributed by atoms with Crippen molar-refractivity contribution in [2.24, 2.45) is 0 Å². The predicted molar refractivity (Wildman–Crippen MR) is 77.4 cm³/mol. The summed E-state index contributed by atoms with van der Waals surface area (Å²) in [5.41, 5.74) is 1.67. The molecule has 0 aliphatic carbocycles. The Balaban J connectivity index is 2.71. The van der Waals surface area contributed by atoms with Gasteiger partial charge in [0.1, 0.15) is 0 Å². The van der Waals surface area contributed by atoms with Crippen molar-refractivity contribution in [1.29, 1.82) is 0 Å². The van der Waals surface area contributed by atoms with Gasteiger partial charge >= 0.3 is 0 Å². The highest BCUT2D eigenvalue weighted by Gasteiger charge is 2.07. The SMILES string of the molecule is C/C=C/C=C/CNc1ccccc1CS(C)(=O)=O. The van der Waals surface area contributed by atoms with Crippen molar-refractivity contribution in [2.45, 2.75) is 12.7 Å². The number of allylic oxidation sites excluding steroid dienone is 3. The Hall–Kier alpha value is -1.55. The van der Waals surface area contributed by atoms with E-state index in [0.29, 0.717) is 6.54 Å². The van der Waals surface area contributed by atoms with Crippen LogP contribution >= 0.6 is 0 Å². The third kappa shape index (κ3) is 5.68. The lowest BCUT2D eigenvalue weighted by Crippen LogP contribution is -2.06. The van der Waals surface area contributed by atoms with E-state index in [1.807, 2.05) is 55.5 Å². The smallest absolute Gasteiger partial charge is 0.151 e. The van der Waals surface area contributed by atoms with Crippen LogP contribution in [0.2, 0.25) is 0 Å². The Morgan fingerprint density at radius 2 is 1.94 bits per heavy atom. The molecule has 0 unspecified atom stereocenters. The van der Waals surface area contributed by atoms with Crippen LogP contribution in [-0.2, 0) is 15.6 Å². The molecule has 0 aromatic heterocycles. The molecule has 0 aliphatic rings. The molecule has 1 aromatic carbocycles. The zero-order valence-electron chi connectivity index (χ0n) is 10.8. The number of nitrogens with one attached hydrogen (secondary N) is 1. The predicted octanol–water partition coefficient (Wildman–Crippen LogP) is 2.78. The fourth-order valence-corrected chi connectivity index (χ4v) is 2.34. The fraction of sp³-hybridized carbons (Fsp3) is 0.286. The van der Waals surface area contributed by atoms with Crippen molar-refractivity contribution >= 4 is 15.5 Å². The van der Waals surface area contributed by atoms with Crippen molar-refractivity contribution < 1.29 is 8.42 Å². The maximum atomic E-state index is 11.3. The third-order valence-electron chi connectivity index (χ3n) is 2.29. The summed E-state index contributed by atoms with van der Waals surface area (Å²) >= 11 is 0. The van der Waals surface area contributed by atoms with E-state index in [4.69, 9.17) is 0 Å². The van der Waals surface area contributed by atoms with Gasteiger partial charge in [-0.25, -0.2) is 8.42 Å². The largest absolute Gasteiger partial charge is 0.381 e. The fourth-order valence-electron chi connectivity index (χ4n) is 1.53. The van der Waals surface area contributed by atoms with Gasteiger partial charge in [-0.2, -0.15) is 0 Å². The van der Waals surface area contributed by atoms with Gasteiger partial charge in [0.05, 0.1) is 5.75 Å². The number of anilines is 1. The molecule has 1 N–H and O–H groups in total. The third-order valence-corrected chi connectivity index (χ3v) is 3.12. The Bertz CT molecular complexity index is 530. The molecule has 3 nitrogen and oxygen atoms in total. The van der Waals surface area contributed by atoms with E-state index in [2.05, 4.69) is 5.32 Å². The minimum absolute atomic E-state index is 0.0642. The van der Waals surface area contributed by atoms with Crippen molar-refractivity contribution in [3.63, 3.8) is 0 Å². The second-order valence-electron chi connectivity index (χ2n) is 4.06. The van der Waals surface area contributed by atoms with E-state index in [1.54, 1.807) is 0 Å². The number of hydrogen-bond acceptors (Lipinski definition) is 3. The highest BCUT2D eigenvalue weighted by atomic mass is 32.2. The van der Waals surface area contributed by atoms with Crippen LogP contribution < -0.4 is 5.32 Å². The highest BCUT2D eigenvalue weighted by Crippen LogP contribution is 2.17. The average molecular weight is 265 g/mol. The standard InChI is InChI=1S/C14H19NO2S/c1-3-4-5-8-11-15-14-10-7-6-9-13(14)12-18(2,16)17/h3-10,15H,11-12H2,1-2H3/b4-3+,8-5+. The maximum Gasteiger partial charge on any atom is 0.151 e. The van der Waals surface area contributed by atoms with Gasteiger partial charge in [0.25, 0.3) is 0 Å². The normalized spacial score (nSPS) is 12.3. The van der Waals surface area contributed by atoms with E-state index < -0.39 is 9.84 Å². The molecular formula is C14H19NO2S. The van der Waals surface area contributed by atoms with Crippen molar-refractivity contribution in [1.82, 2.24) is 0 Å². The van der Waals surface area contributed by atoms with Crippen LogP contribution in [-0.4, -0.2) is 21.2 Å². The lowest BCUT2D eigenvalue weighted by Gasteiger charge is -2.09. The molecule has 0 spiro atoms. The van der Waals surface area contributed by atoms with Crippen LogP contribution in [0.1, 0.15) is 12.5 Å². The summed E-state index contributed by atoms with van der Waals surface area (Å²) in [5, 5.41) is 3.21. The number of sulfone groups is 1. The van der Waals surface area contributed by atoms with E-state index >= 15 is 0 Å². The van der Waals surface area contributed by atoms with Gasteiger partial charge in [-0.15, -0.1) is 0 Å². The van der Waals surface area contributed by atoms with E-state index in [1.165, 1.54) is 6.26 Å². The molecule has 0 amide bonds. The lowest BCUT2D eigenvalue weighted by molar-refractivity contribution is 0.601. The van der Waals surface area contributed by atoms with Crippen molar-refractivity contribution in [2.75, 3.05) is 18.1 Å². The molecule has 1 rings (SSSR count). The molecule has 0 radical (unpaired) electrons. The van der Waals surface area contributed by atoms with Crippen molar-refractivity contribution in [3.8, 4) is 0 Å². The number of hydrogen-bond donors (Lipinski definition) is 1. The minimum Gasteiger partial charge on any atom is -0.381 e. The summed E-state index contributed by atoms with van der Waals surface area (Å²) in [6, 6.07) is 7.47. The summed E-state index contributed by atoms with van der Waals surface area (Å²) in [7, 11) is -3.01. The van der Waals surface area contributed by atoms with Crippen LogP contribution in [0.5, 0.6) is 0 Å². The molecular weight excluding hydrogens is 246 g/mol. The zero-order chi connectivity index (χ0) is 13.4. The van der Waals surface area contributed by atoms with Gasteiger partial charge in [0.15, 0.2) is 9.84 Å². The average Bonchev–Trinajstić information content (AvgIpc) is 2.29. The molecule has 0 aliphatic heterocycles. The zero-order valence-corrected chi connectivity index (χ0v) is 11.6. The Labute approximate surface area is 109 Å². The first-order valence-electron chi connectivity index (χ1n) is 5.80. The second-order valence-corrected chi connectivity index (χ2v) is 6.20. The molecule has 98 valence electrons. The Morgan fingerprint density at radius 1 is 1.22 bits per heavy atom. The Morgan fingerprint density at radius 3 is 2.61 bits per heavy atom. The van der Waals surface area contributed by atoms with Gasteiger partial charge in [-0.1, -0.05) is 42.5 Å². The number of rotatable bonds is 6. The maximum absolute atomic E-state index is 11.3. The summed E-state index contributed by atoms with van der Waals surface area (Å²) in [6.07, 6.45) is 9.08. The molecule has 0 fully saturated rings. The van der Waals surface area contributed by atoms with E-state index in [0.717, 1.165) is 11.3 Å². The van der Waals surface area contributed by atoms with Crippen LogP contribution in [0.15, 0.2) is 48.6 Å². The number of para-hydroxylation sites is 1. The first-order valence-corrected chi connectivity index (χ1v) is 7.86. The first kappa shape index (κ1) is 14.5. The van der Waals surface area contributed by atoms with Gasteiger partial charge < -0.3 is 5.32 Å². The molecule has 0 heterocycles. The second kappa shape index (κ2) is 7.01. The molecule has 18 heavy (non-hydrogen) atoms. The number of benzene rings is 1. The molecule has 0 bridgehead atoms. The van der Waals surface area contributed by atoms with Gasteiger partial charge in [-0.05, 0) is 18.6 Å². The van der Waals surface area contributed by atoms with Crippen LogP contribution in [0.3, 0.4) is 0 Å². The van der Waals surface area contributed by atoms with Crippen LogP contribution in [0.4, 0.5) is 5.69 Å². The molecule has 0 saturated heterocycles. The molecule has 4 heteroatoms. The quantitative estimate of drug-likeness (QED) is 0.804. The van der Waals surface area contributed by atoms with Crippen LogP contribution in [0.25, 0.3) is 0 Å². The molecule has 0 atom stereocenters. The summed E-state index contributed by atoms with van der Waals surface area (Å²) < 4.78 is 22.6. The van der Waals surface area contributed by atoms with E-state index in [9.17, 15) is 8.42 Å². The first-order chi connectivity index (χ1) is 8.53. The van der Waals surface area contributed by atoms with E-state index in [-0.39, 0.29) is 5.75 Å². The minimum atomic E-state index is -3.01. The topological polar surface area (TPSA) is 46.2 Å². The summed E-state index contributed by atoms with van der Waals surface area (Å²) in [6.45, 7) is 2.63. The summed E-state index contributed by atoms with van der Waals surface area (Å²) in [5.74, 6) is 0.0642. The monoisotopic (exact) mass is 265 g/mol.